The molecule has 0 unspecified atom stereocenters. The van der Waals surface area contributed by atoms with Crippen molar-refractivity contribution in [2.45, 2.75) is 30.8 Å². The second-order valence-corrected chi connectivity index (χ2v) is 7.29. The fourth-order valence-electron chi connectivity index (χ4n) is 4.24. The van der Waals surface area contributed by atoms with Crippen molar-refractivity contribution in [2.75, 3.05) is 26.2 Å². The Bertz CT molecular complexity index is 726. The van der Waals surface area contributed by atoms with Crippen molar-refractivity contribution in [1.82, 2.24) is 10.2 Å². The van der Waals surface area contributed by atoms with Crippen LogP contribution in [0.25, 0.3) is 0 Å². The molecule has 2 heterocycles. The van der Waals surface area contributed by atoms with Crippen LogP contribution in [0.1, 0.15) is 24.8 Å². The van der Waals surface area contributed by atoms with Gasteiger partial charge in [-0.05, 0) is 43.6 Å². The van der Waals surface area contributed by atoms with Gasteiger partial charge in [0.15, 0.2) is 0 Å². The third-order valence-corrected chi connectivity index (χ3v) is 5.67. The molecule has 2 fully saturated rings. The molecular formula is C22H26N2O2. The minimum atomic E-state index is -0.395. The van der Waals surface area contributed by atoms with Crippen LogP contribution in [0.5, 0.6) is 5.75 Å². The van der Waals surface area contributed by atoms with Crippen molar-refractivity contribution in [2.24, 2.45) is 0 Å². The molecule has 4 nitrogen and oxygen atoms in total. The topological polar surface area (TPSA) is 41.6 Å². The van der Waals surface area contributed by atoms with Gasteiger partial charge in [0, 0.05) is 13.0 Å². The van der Waals surface area contributed by atoms with E-state index in [1.165, 1.54) is 0 Å². The second kappa shape index (κ2) is 7.50. The first kappa shape index (κ1) is 17.1. The van der Waals surface area contributed by atoms with E-state index in [1.807, 2.05) is 53.4 Å². The van der Waals surface area contributed by atoms with Gasteiger partial charge >= 0.3 is 0 Å². The maximum absolute atomic E-state index is 13.6. The van der Waals surface area contributed by atoms with Crippen LogP contribution in [0.3, 0.4) is 0 Å². The zero-order chi connectivity index (χ0) is 17.8. The highest BCUT2D eigenvalue weighted by molar-refractivity contribution is 5.88. The van der Waals surface area contributed by atoms with Gasteiger partial charge in [0.1, 0.15) is 11.9 Å². The lowest BCUT2D eigenvalue weighted by atomic mass is 9.72. The summed E-state index contributed by atoms with van der Waals surface area (Å²) in [5.41, 5.74) is 0.757. The molecule has 1 amide bonds. The molecule has 4 rings (SSSR count). The Balaban J connectivity index is 1.50. The maximum Gasteiger partial charge on any atom is 0.233 e. The molecule has 2 aromatic rings. The number of para-hydroxylation sites is 1. The van der Waals surface area contributed by atoms with E-state index in [0.29, 0.717) is 6.54 Å². The average molecular weight is 350 g/mol. The molecule has 1 atom stereocenters. The first-order valence-electron chi connectivity index (χ1n) is 9.55. The number of hydrogen-bond acceptors (Lipinski definition) is 3. The smallest absolute Gasteiger partial charge is 0.233 e. The second-order valence-electron chi connectivity index (χ2n) is 7.29. The van der Waals surface area contributed by atoms with Crippen LogP contribution in [-0.2, 0) is 10.2 Å². The molecule has 2 aromatic carbocycles. The van der Waals surface area contributed by atoms with Crippen molar-refractivity contribution < 1.29 is 9.53 Å². The number of nitrogens with one attached hydrogen (secondary N) is 1. The summed E-state index contributed by atoms with van der Waals surface area (Å²) in [6.07, 6.45) is 2.69. The molecule has 0 aromatic heterocycles. The van der Waals surface area contributed by atoms with Gasteiger partial charge in [0.05, 0.1) is 12.0 Å². The predicted octanol–water partition coefficient (Wildman–Crippen LogP) is 2.99. The van der Waals surface area contributed by atoms with Gasteiger partial charge in [0.2, 0.25) is 5.91 Å². The molecule has 0 spiro atoms. The molecule has 2 aliphatic heterocycles. The minimum Gasteiger partial charge on any atom is -0.489 e. The summed E-state index contributed by atoms with van der Waals surface area (Å²) in [5, 5.41) is 3.40. The molecule has 2 saturated heterocycles. The predicted molar refractivity (Wildman–Crippen MR) is 102 cm³/mol. The molecule has 4 heteroatoms. The highest BCUT2D eigenvalue weighted by atomic mass is 16.5. The summed E-state index contributed by atoms with van der Waals surface area (Å²) < 4.78 is 6.08. The molecule has 0 radical (unpaired) electrons. The molecule has 0 saturated carbocycles. The van der Waals surface area contributed by atoms with Gasteiger partial charge in [-0.15, -0.1) is 0 Å². The number of carbonyl (C=O) groups excluding carboxylic acids is 1. The number of ether oxygens (including phenoxy) is 1. The number of rotatable bonds is 4. The first-order chi connectivity index (χ1) is 12.8. The molecule has 1 N–H and O–H groups in total. The third-order valence-electron chi connectivity index (χ3n) is 5.67. The van der Waals surface area contributed by atoms with E-state index in [4.69, 9.17) is 4.74 Å². The van der Waals surface area contributed by atoms with E-state index in [-0.39, 0.29) is 12.0 Å². The fourth-order valence-corrected chi connectivity index (χ4v) is 4.24. The Hall–Kier alpha value is -2.33. The van der Waals surface area contributed by atoms with Crippen molar-refractivity contribution in [1.29, 1.82) is 0 Å². The molecule has 26 heavy (non-hydrogen) atoms. The monoisotopic (exact) mass is 350 g/mol. The fraction of sp³-hybridized carbons (Fsp3) is 0.409. The molecular weight excluding hydrogens is 324 g/mol. The number of benzene rings is 2. The van der Waals surface area contributed by atoms with Crippen LogP contribution in [0.2, 0.25) is 0 Å². The number of nitrogens with zero attached hydrogens (tertiary/aromatic N) is 1. The van der Waals surface area contributed by atoms with Gasteiger partial charge in [-0.1, -0.05) is 48.5 Å². The first-order valence-corrected chi connectivity index (χ1v) is 9.55. The van der Waals surface area contributed by atoms with Gasteiger partial charge in [0.25, 0.3) is 0 Å². The SMILES string of the molecule is O=C(N1CC[C@H](Oc2ccccc2)C1)C1(c2ccccc2)CCNCC1. The Morgan fingerprint density at radius 2 is 1.65 bits per heavy atom. The van der Waals surface area contributed by atoms with E-state index >= 15 is 0 Å². The lowest BCUT2D eigenvalue weighted by Gasteiger charge is -2.39. The molecule has 2 aliphatic rings. The van der Waals surface area contributed by atoms with Crippen LogP contribution in [0.15, 0.2) is 60.7 Å². The number of likely N-dealkylation sites (tertiary alicyclic amines) is 1. The molecule has 136 valence electrons. The molecule has 0 bridgehead atoms. The Morgan fingerprint density at radius 1 is 1.00 bits per heavy atom. The van der Waals surface area contributed by atoms with Crippen LogP contribution in [-0.4, -0.2) is 43.1 Å². The number of hydrogen-bond donors (Lipinski definition) is 1. The van der Waals surface area contributed by atoms with Crippen molar-refractivity contribution in [3.8, 4) is 5.75 Å². The lowest BCUT2D eigenvalue weighted by Crippen LogP contribution is -2.51. The van der Waals surface area contributed by atoms with E-state index in [1.54, 1.807) is 0 Å². The molecule has 0 aliphatic carbocycles. The van der Waals surface area contributed by atoms with Crippen LogP contribution >= 0.6 is 0 Å². The van der Waals surface area contributed by atoms with E-state index < -0.39 is 5.41 Å². The zero-order valence-electron chi connectivity index (χ0n) is 15.1. The van der Waals surface area contributed by atoms with Crippen LogP contribution in [0.4, 0.5) is 0 Å². The normalized spacial score (nSPS) is 22.2. The summed E-state index contributed by atoms with van der Waals surface area (Å²) in [5.74, 6) is 1.15. The lowest BCUT2D eigenvalue weighted by molar-refractivity contribution is -0.137. The number of amides is 1. The summed E-state index contributed by atoms with van der Waals surface area (Å²) in [6, 6.07) is 20.2. The van der Waals surface area contributed by atoms with Gasteiger partial charge in [-0.2, -0.15) is 0 Å². The third kappa shape index (κ3) is 3.34. The van der Waals surface area contributed by atoms with E-state index in [9.17, 15) is 4.79 Å². The standard InChI is InChI=1S/C22H26N2O2/c25-21(22(12-14-23-15-13-22)18-7-3-1-4-8-18)24-16-11-20(17-24)26-19-9-5-2-6-10-19/h1-10,20,23H,11-17H2/t20-/m0/s1. The van der Waals surface area contributed by atoms with Crippen LogP contribution in [0, 0.1) is 0 Å². The van der Waals surface area contributed by atoms with E-state index in [0.717, 1.165) is 50.2 Å². The number of piperidine rings is 1. The Kier molecular flexibility index (Phi) is 4.93. The Morgan fingerprint density at radius 3 is 2.35 bits per heavy atom. The van der Waals surface area contributed by atoms with Crippen molar-refractivity contribution >= 4 is 5.91 Å². The highest BCUT2D eigenvalue weighted by Crippen LogP contribution is 2.36. The zero-order valence-corrected chi connectivity index (χ0v) is 15.1. The maximum atomic E-state index is 13.6. The van der Waals surface area contributed by atoms with Gasteiger partial charge < -0.3 is 15.0 Å². The minimum absolute atomic E-state index is 0.0795. The summed E-state index contributed by atoms with van der Waals surface area (Å²) in [7, 11) is 0. The summed E-state index contributed by atoms with van der Waals surface area (Å²) in [4.78, 5) is 15.6. The van der Waals surface area contributed by atoms with Gasteiger partial charge in [-0.3, -0.25) is 4.79 Å². The van der Waals surface area contributed by atoms with Crippen LogP contribution < -0.4 is 10.1 Å². The quantitative estimate of drug-likeness (QED) is 0.922. The van der Waals surface area contributed by atoms with Gasteiger partial charge in [-0.25, -0.2) is 0 Å². The summed E-state index contributed by atoms with van der Waals surface area (Å²) in [6.45, 7) is 3.23. The largest absolute Gasteiger partial charge is 0.489 e. The van der Waals surface area contributed by atoms with E-state index in [2.05, 4.69) is 17.4 Å². The average Bonchev–Trinajstić information content (AvgIpc) is 3.18. The van der Waals surface area contributed by atoms with Crippen molar-refractivity contribution in [3.05, 3.63) is 66.2 Å². The number of carbonyl (C=O) groups is 1. The highest BCUT2D eigenvalue weighted by Gasteiger charge is 2.45. The van der Waals surface area contributed by atoms with Crippen molar-refractivity contribution in [3.63, 3.8) is 0 Å². The Labute approximate surface area is 155 Å². The summed E-state index contributed by atoms with van der Waals surface area (Å²) >= 11 is 0.